The van der Waals surface area contributed by atoms with Gasteiger partial charge < -0.3 is 5.32 Å². The molecule has 0 saturated carbocycles. The zero-order valence-corrected chi connectivity index (χ0v) is 14.7. The van der Waals surface area contributed by atoms with E-state index < -0.39 is 0 Å². The van der Waals surface area contributed by atoms with Gasteiger partial charge in [0.25, 0.3) is 5.95 Å². The SMILES string of the molecule is Cc1cc(C)nc(-n2nc(C)c(CC(=O)Nc3ccccn3)c2C)n1. The van der Waals surface area contributed by atoms with E-state index in [4.69, 9.17) is 0 Å². The van der Waals surface area contributed by atoms with Gasteiger partial charge in [0.15, 0.2) is 0 Å². The number of aryl methyl sites for hydroxylation is 3. The Labute approximate surface area is 146 Å². The molecule has 0 aliphatic carbocycles. The molecule has 7 nitrogen and oxygen atoms in total. The quantitative estimate of drug-likeness (QED) is 0.791. The summed E-state index contributed by atoms with van der Waals surface area (Å²) < 4.78 is 1.69. The Hall–Kier alpha value is -3.09. The van der Waals surface area contributed by atoms with Gasteiger partial charge in [0.1, 0.15) is 5.82 Å². The minimum absolute atomic E-state index is 0.134. The fourth-order valence-electron chi connectivity index (χ4n) is 2.71. The van der Waals surface area contributed by atoms with Crippen molar-refractivity contribution in [1.82, 2.24) is 24.7 Å². The molecule has 3 heterocycles. The lowest BCUT2D eigenvalue weighted by atomic mass is 10.1. The minimum Gasteiger partial charge on any atom is -0.310 e. The summed E-state index contributed by atoms with van der Waals surface area (Å²) >= 11 is 0. The zero-order chi connectivity index (χ0) is 18.0. The van der Waals surface area contributed by atoms with Gasteiger partial charge >= 0.3 is 0 Å². The molecule has 0 fully saturated rings. The van der Waals surface area contributed by atoms with Crippen LogP contribution in [0, 0.1) is 27.7 Å². The topological polar surface area (TPSA) is 85.6 Å². The number of carbonyl (C=O) groups excluding carboxylic acids is 1. The maximum absolute atomic E-state index is 12.3. The molecule has 1 amide bonds. The second-order valence-electron chi connectivity index (χ2n) is 5.95. The molecule has 128 valence electrons. The van der Waals surface area contributed by atoms with Crippen molar-refractivity contribution in [3.63, 3.8) is 0 Å². The monoisotopic (exact) mass is 336 g/mol. The van der Waals surface area contributed by atoms with E-state index in [1.54, 1.807) is 23.0 Å². The Morgan fingerprint density at radius 1 is 1.12 bits per heavy atom. The Bertz CT molecular complexity index is 897. The maximum atomic E-state index is 12.3. The summed E-state index contributed by atoms with van der Waals surface area (Å²) in [5.74, 6) is 0.924. The first-order chi connectivity index (χ1) is 11.9. The summed E-state index contributed by atoms with van der Waals surface area (Å²) in [5, 5.41) is 7.31. The van der Waals surface area contributed by atoms with Gasteiger partial charge in [0, 0.05) is 28.8 Å². The second kappa shape index (κ2) is 6.80. The average molecular weight is 336 g/mol. The van der Waals surface area contributed by atoms with Crippen molar-refractivity contribution in [2.45, 2.75) is 34.1 Å². The number of hydrogen-bond acceptors (Lipinski definition) is 5. The van der Waals surface area contributed by atoms with Crippen molar-refractivity contribution in [1.29, 1.82) is 0 Å². The molecule has 0 saturated heterocycles. The first-order valence-corrected chi connectivity index (χ1v) is 8.02. The van der Waals surface area contributed by atoms with Crippen LogP contribution in [0.5, 0.6) is 0 Å². The lowest BCUT2D eigenvalue weighted by molar-refractivity contribution is -0.115. The molecule has 25 heavy (non-hydrogen) atoms. The van der Waals surface area contributed by atoms with E-state index in [2.05, 4.69) is 25.4 Å². The Balaban J connectivity index is 1.86. The van der Waals surface area contributed by atoms with E-state index in [1.165, 1.54) is 0 Å². The van der Waals surface area contributed by atoms with Gasteiger partial charge in [0.05, 0.1) is 12.1 Å². The molecular formula is C18H20N6O. The molecule has 0 aliphatic rings. The number of pyridine rings is 1. The molecule has 0 unspecified atom stereocenters. The van der Waals surface area contributed by atoms with Gasteiger partial charge in [-0.2, -0.15) is 5.10 Å². The Morgan fingerprint density at radius 3 is 2.48 bits per heavy atom. The van der Waals surface area contributed by atoms with Crippen LogP contribution in [0.25, 0.3) is 5.95 Å². The van der Waals surface area contributed by atoms with Crippen LogP contribution in [0.3, 0.4) is 0 Å². The van der Waals surface area contributed by atoms with Crippen LogP contribution in [0.15, 0.2) is 30.5 Å². The van der Waals surface area contributed by atoms with Crippen LogP contribution >= 0.6 is 0 Å². The third-order valence-corrected chi connectivity index (χ3v) is 3.87. The van der Waals surface area contributed by atoms with Crippen molar-refractivity contribution < 1.29 is 4.79 Å². The highest BCUT2D eigenvalue weighted by molar-refractivity contribution is 5.91. The highest BCUT2D eigenvalue weighted by Gasteiger charge is 2.17. The molecule has 3 rings (SSSR count). The van der Waals surface area contributed by atoms with Gasteiger partial charge in [-0.1, -0.05) is 6.07 Å². The molecule has 0 atom stereocenters. The largest absolute Gasteiger partial charge is 0.310 e. The number of amides is 1. The lowest BCUT2D eigenvalue weighted by Crippen LogP contribution is -2.16. The summed E-state index contributed by atoms with van der Waals surface area (Å²) in [6.45, 7) is 7.65. The number of nitrogens with one attached hydrogen (secondary N) is 1. The van der Waals surface area contributed by atoms with Crippen molar-refractivity contribution >= 4 is 11.7 Å². The van der Waals surface area contributed by atoms with Crippen molar-refractivity contribution in [2.24, 2.45) is 0 Å². The Morgan fingerprint density at radius 2 is 1.84 bits per heavy atom. The highest BCUT2D eigenvalue weighted by atomic mass is 16.1. The number of rotatable bonds is 4. The van der Waals surface area contributed by atoms with Crippen LogP contribution in [0.4, 0.5) is 5.82 Å². The molecule has 7 heteroatoms. The smallest absolute Gasteiger partial charge is 0.251 e. The number of anilines is 1. The summed E-state index contributed by atoms with van der Waals surface area (Å²) in [6, 6.07) is 7.30. The number of aromatic nitrogens is 5. The van der Waals surface area contributed by atoms with E-state index in [0.717, 1.165) is 28.3 Å². The van der Waals surface area contributed by atoms with Gasteiger partial charge in [-0.25, -0.2) is 19.6 Å². The molecule has 0 bridgehead atoms. The maximum Gasteiger partial charge on any atom is 0.251 e. The third kappa shape index (κ3) is 3.71. The van der Waals surface area contributed by atoms with E-state index in [0.29, 0.717) is 11.8 Å². The first-order valence-electron chi connectivity index (χ1n) is 8.02. The average Bonchev–Trinajstić information content (AvgIpc) is 2.83. The second-order valence-corrected chi connectivity index (χ2v) is 5.95. The highest BCUT2D eigenvalue weighted by Crippen LogP contribution is 2.17. The number of carbonyl (C=O) groups is 1. The van der Waals surface area contributed by atoms with E-state index in [1.807, 2.05) is 39.8 Å². The molecule has 0 spiro atoms. The molecule has 0 aliphatic heterocycles. The fourth-order valence-corrected chi connectivity index (χ4v) is 2.71. The van der Waals surface area contributed by atoms with E-state index >= 15 is 0 Å². The molecule has 3 aromatic rings. The normalized spacial score (nSPS) is 10.7. The molecule has 0 radical (unpaired) electrons. The predicted molar refractivity (Wildman–Crippen MR) is 94.7 cm³/mol. The van der Waals surface area contributed by atoms with E-state index in [-0.39, 0.29) is 12.3 Å². The van der Waals surface area contributed by atoms with Gasteiger partial charge in [-0.05, 0) is 45.9 Å². The third-order valence-electron chi connectivity index (χ3n) is 3.87. The van der Waals surface area contributed by atoms with Crippen molar-refractivity contribution in [3.05, 3.63) is 58.8 Å². The first kappa shape index (κ1) is 16.8. The molecular weight excluding hydrogens is 316 g/mol. The van der Waals surface area contributed by atoms with Gasteiger partial charge in [-0.15, -0.1) is 0 Å². The summed E-state index contributed by atoms with van der Waals surface area (Å²) in [4.78, 5) is 25.3. The number of nitrogens with zero attached hydrogens (tertiary/aromatic N) is 5. The standard InChI is InChI=1S/C18H20N6O/c1-11-9-12(2)21-18(20-11)24-14(4)15(13(3)23-24)10-17(25)22-16-7-5-6-8-19-16/h5-9H,10H2,1-4H3,(H,19,22,25). The molecule has 3 aromatic heterocycles. The summed E-state index contributed by atoms with van der Waals surface area (Å²) in [6.07, 6.45) is 1.86. The fraction of sp³-hybridized carbons (Fsp3) is 0.278. The molecule has 0 aromatic carbocycles. The van der Waals surface area contributed by atoms with Crippen LogP contribution in [0.2, 0.25) is 0 Å². The van der Waals surface area contributed by atoms with Crippen LogP contribution in [0.1, 0.15) is 28.3 Å². The summed E-state index contributed by atoms with van der Waals surface area (Å²) in [7, 11) is 0. The summed E-state index contributed by atoms with van der Waals surface area (Å²) in [5.41, 5.74) is 4.28. The minimum atomic E-state index is -0.134. The Kier molecular flexibility index (Phi) is 4.56. The predicted octanol–water partition coefficient (Wildman–Crippen LogP) is 2.47. The van der Waals surface area contributed by atoms with Crippen LogP contribution < -0.4 is 5.32 Å². The lowest BCUT2D eigenvalue weighted by Gasteiger charge is -2.06. The van der Waals surface area contributed by atoms with Crippen molar-refractivity contribution in [2.75, 3.05) is 5.32 Å². The van der Waals surface area contributed by atoms with Crippen LogP contribution in [-0.4, -0.2) is 30.6 Å². The zero-order valence-electron chi connectivity index (χ0n) is 14.7. The van der Waals surface area contributed by atoms with E-state index in [9.17, 15) is 4.79 Å². The molecule has 1 N–H and O–H groups in total. The van der Waals surface area contributed by atoms with Crippen molar-refractivity contribution in [3.8, 4) is 5.95 Å². The van der Waals surface area contributed by atoms with Gasteiger partial charge in [0.2, 0.25) is 5.91 Å². The van der Waals surface area contributed by atoms with Gasteiger partial charge in [-0.3, -0.25) is 4.79 Å². The van der Waals surface area contributed by atoms with Crippen LogP contribution in [-0.2, 0) is 11.2 Å². The number of hydrogen-bond donors (Lipinski definition) is 1.